The Morgan fingerprint density at radius 1 is 0.706 bits per heavy atom. The van der Waals surface area contributed by atoms with Gasteiger partial charge in [-0.1, -0.05) is 141 Å². The van der Waals surface area contributed by atoms with Crippen molar-refractivity contribution in [3.8, 4) is 11.5 Å². The summed E-state index contributed by atoms with van der Waals surface area (Å²) in [6.45, 7) is 14.3. The van der Waals surface area contributed by atoms with Crippen LogP contribution in [-0.2, 0) is 33.0 Å². The Balaban J connectivity index is 1.53. The summed E-state index contributed by atoms with van der Waals surface area (Å²) in [4.78, 5) is 40.3. The molecule has 2 aromatic rings. The fourth-order valence-electron chi connectivity index (χ4n) is 7.86. The summed E-state index contributed by atoms with van der Waals surface area (Å²) in [6, 6.07) is 13.9. The van der Waals surface area contributed by atoms with Gasteiger partial charge in [0.15, 0.2) is 14.4 Å². The molecule has 0 radical (unpaired) electrons. The van der Waals surface area contributed by atoms with Crippen LogP contribution in [0.3, 0.4) is 0 Å². The van der Waals surface area contributed by atoms with Crippen LogP contribution in [0.5, 0.6) is 11.5 Å². The maximum Gasteiger partial charge on any atom is 0.306 e. The molecule has 0 aliphatic carbocycles. The Morgan fingerprint density at radius 2 is 1.18 bits per heavy atom. The molecule has 0 aromatic heterocycles. The van der Waals surface area contributed by atoms with Gasteiger partial charge in [-0.15, -0.1) is 0 Å². The van der Waals surface area contributed by atoms with E-state index < -0.39 is 44.7 Å². The molecule has 1 saturated heterocycles. The molecule has 1 aliphatic heterocycles. The van der Waals surface area contributed by atoms with E-state index in [-0.39, 0.29) is 49.4 Å². The number of carbonyl (C=O) groups is 3. The molecule has 0 spiro atoms. The third-order valence-electron chi connectivity index (χ3n) is 13.2. The summed E-state index contributed by atoms with van der Waals surface area (Å²) in [5.74, 6) is 0.500. The smallest absolute Gasteiger partial charge is 0.306 e. The van der Waals surface area contributed by atoms with Crippen molar-refractivity contribution in [1.82, 2.24) is 5.32 Å². The highest BCUT2D eigenvalue weighted by Crippen LogP contribution is 2.37. The zero-order chi connectivity index (χ0) is 49.6. The number of amides is 1. The molecule has 1 fully saturated rings. The molecule has 5 atom stereocenters. The van der Waals surface area contributed by atoms with Gasteiger partial charge >= 0.3 is 11.9 Å². The normalized spacial score (nSPS) is 17.9. The number of aliphatic hydroxyl groups excluding tert-OH is 1. The van der Waals surface area contributed by atoms with Crippen molar-refractivity contribution < 1.29 is 47.6 Å². The van der Waals surface area contributed by atoms with E-state index in [1.165, 1.54) is 38.5 Å². The Morgan fingerprint density at radius 3 is 1.69 bits per heavy atom. The number of benzene rings is 2. The maximum absolute atomic E-state index is 13.8. The van der Waals surface area contributed by atoms with Crippen LogP contribution in [0.15, 0.2) is 48.5 Å². The minimum absolute atomic E-state index is 0.0281. The van der Waals surface area contributed by atoms with Gasteiger partial charge in [0.1, 0.15) is 29.8 Å². The number of esters is 2. The van der Waals surface area contributed by atoms with E-state index in [2.05, 4.69) is 46.1 Å². The highest BCUT2D eigenvalue weighted by molar-refractivity contribution is 6.74. The molecule has 14 heteroatoms. The zero-order valence-electron chi connectivity index (χ0n) is 42.5. The predicted molar refractivity (Wildman–Crippen MR) is 276 cm³/mol. The van der Waals surface area contributed by atoms with Crippen LogP contribution in [0.1, 0.15) is 175 Å². The summed E-state index contributed by atoms with van der Waals surface area (Å²) in [5, 5.41) is 16.0. The third kappa shape index (κ3) is 25.3. The number of carbonyl (C=O) groups excluding carboxylic acids is 3. The number of halogens is 2. The average Bonchev–Trinajstić information content (AvgIpc) is 3.29. The highest BCUT2D eigenvalue weighted by Gasteiger charge is 2.45. The molecule has 11 nitrogen and oxygen atoms in total. The third-order valence-corrected chi connectivity index (χ3v) is 18.2. The molecule has 1 aliphatic rings. The molecule has 1 amide bonds. The van der Waals surface area contributed by atoms with Crippen LogP contribution in [-0.4, -0.2) is 88.2 Å². The van der Waals surface area contributed by atoms with Crippen molar-refractivity contribution in [2.24, 2.45) is 0 Å². The second kappa shape index (κ2) is 33.7. The van der Waals surface area contributed by atoms with Gasteiger partial charge in [-0.05, 0) is 105 Å². The van der Waals surface area contributed by atoms with Crippen molar-refractivity contribution in [2.45, 2.75) is 224 Å². The predicted octanol–water partition coefficient (Wildman–Crippen LogP) is 13.5. The molecule has 68 heavy (non-hydrogen) atoms. The summed E-state index contributed by atoms with van der Waals surface area (Å²) in [7, 11) is -2.19. The molecule has 0 bridgehead atoms. The van der Waals surface area contributed by atoms with Crippen molar-refractivity contribution >= 4 is 49.4 Å². The van der Waals surface area contributed by atoms with Crippen LogP contribution < -0.4 is 14.8 Å². The number of unbranched alkanes of at least 4 members (excludes halogenated alkanes) is 16. The molecular formula is C54H87Cl2NO10Si. The first kappa shape index (κ1) is 59.4. The van der Waals surface area contributed by atoms with Crippen LogP contribution in [0.25, 0.3) is 0 Å². The largest absolute Gasteiger partial charge is 0.494 e. The number of aliphatic hydroxyl groups is 1. The van der Waals surface area contributed by atoms with Crippen molar-refractivity contribution in [2.75, 3.05) is 26.4 Å². The first-order valence-electron chi connectivity index (χ1n) is 26.0. The SMILES string of the molecule is CCCCCCCCCCC[C@H](CC(=O)N[C@H]1CO[C@H](CO[Si](C)(C)C(C)(C)C)[C@@H](O)[C@@H]1OC(=O)CCCCCCCOc1ccc(Cl)cc1)OC(=O)CCCCCCCOc1ccc(Cl)cc1. The quantitative estimate of drug-likeness (QED) is 0.0385. The lowest BCUT2D eigenvalue weighted by Gasteiger charge is -2.42. The number of hydrogen-bond acceptors (Lipinski definition) is 10. The zero-order valence-corrected chi connectivity index (χ0v) is 45.0. The fourth-order valence-corrected chi connectivity index (χ4v) is 9.12. The lowest BCUT2D eigenvalue weighted by molar-refractivity contribution is -0.190. The maximum atomic E-state index is 13.8. The van der Waals surface area contributed by atoms with E-state index in [0.29, 0.717) is 42.5 Å². The Hall–Kier alpha value is -2.87. The van der Waals surface area contributed by atoms with Gasteiger partial charge in [0.05, 0.1) is 38.9 Å². The van der Waals surface area contributed by atoms with Crippen LogP contribution in [0.2, 0.25) is 28.2 Å². The number of nitrogens with one attached hydrogen (secondary N) is 1. The van der Waals surface area contributed by atoms with Gasteiger partial charge in [-0.2, -0.15) is 0 Å². The molecule has 2 N–H and O–H groups in total. The standard InChI is InChI=1S/C54H87Cl2NO10Si/c1-7-8-9-10-11-12-13-16-21-26-46(66-50(59)27-22-17-14-19-24-37-62-44-33-29-42(55)30-34-44)39-49(58)57-47-40-64-48(41-65-68(5,6)54(2,3)4)52(61)53(47)67-51(60)28-23-18-15-20-25-38-63-45-35-31-43(56)32-36-45/h29-36,46-48,52-53,61H,7-28,37-41H2,1-6H3,(H,57,58)/t46-,47+,48-,52-,53-/m1/s1. The van der Waals surface area contributed by atoms with Crippen LogP contribution >= 0.6 is 23.2 Å². The number of rotatable bonds is 36. The Kier molecular flexibility index (Phi) is 29.4. The molecule has 3 rings (SSSR count). The fraction of sp³-hybridized carbons (Fsp3) is 0.722. The van der Waals surface area contributed by atoms with Crippen LogP contribution in [0.4, 0.5) is 0 Å². The molecule has 0 unspecified atom stereocenters. The molecule has 386 valence electrons. The van der Waals surface area contributed by atoms with Crippen LogP contribution in [0, 0.1) is 0 Å². The van der Waals surface area contributed by atoms with E-state index in [4.69, 9.17) is 51.3 Å². The first-order valence-corrected chi connectivity index (χ1v) is 29.6. The summed E-state index contributed by atoms with van der Waals surface area (Å²) in [5.41, 5.74) is 0. The minimum atomic E-state index is -2.19. The summed E-state index contributed by atoms with van der Waals surface area (Å²) >= 11 is 11.9. The van der Waals surface area contributed by atoms with Crippen molar-refractivity contribution in [1.29, 1.82) is 0 Å². The van der Waals surface area contributed by atoms with E-state index in [1.807, 2.05) is 36.4 Å². The van der Waals surface area contributed by atoms with E-state index >= 15 is 0 Å². The first-order chi connectivity index (χ1) is 32.6. The molecule has 2 aromatic carbocycles. The monoisotopic (exact) mass is 1010 g/mol. The van der Waals surface area contributed by atoms with Gasteiger partial charge in [0.25, 0.3) is 0 Å². The van der Waals surface area contributed by atoms with E-state index in [0.717, 1.165) is 82.1 Å². The van der Waals surface area contributed by atoms with Gasteiger partial charge in [-0.3, -0.25) is 14.4 Å². The topological polar surface area (TPSA) is 139 Å². The molecule has 0 saturated carbocycles. The minimum Gasteiger partial charge on any atom is -0.494 e. The number of hydrogen-bond donors (Lipinski definition) is 2. The van der Waals surface area contributed by atoms with Gasteiger partial charge in [0, 0.05) is 22.9 Å². The second-order valence-electron chi connectivity index (χ2n) is 20.1. The lowest BCUT2D eigenvalue weighted by Crippen LogP contribution is -2.62. The Labute approximate surface area is 420 Å². The number of ether oxygens (including phenoxy) is 5. The van der Waals surface area contributed by atoms with E-state index in [9.17, 15) is 19.5 Å². The van der Waals surface area contributed by atoms with Gasteiger partial charge in [0.2, 0.25) is 5.91 Å². The molecular weight excluding hydrogens is 922 g/mol. The summed E-state index contributed by atoms with van der Waals surface area (Å²) < 4.78 is 36.2. The molecule has 1 heterocycles. The Bertz CT molecular complexity index is 1680. The van der Waals surface area contributed by atoms with E-state index in [1.54, 1.807) is 12.1 Å². The summed E-state index contributed by atoms with van der Waals surface area (Å²) in [6.07, 6.45) is 16.6. The lowest BCUT2D eigenvalue weighted by atomic mass is 9.97. The van der Waals surface area contributed by atoms with Gasteiger partial charge in [-0.25, -0.2) is 0 Å². The average molecular weight is 1010 g/mol. The highest BCUT2D eigenvalue weighted by atomic mass is 35.5. The van der Waals surface area contributed by atoms with Crippen molar-refractivity contribution in [3.05, 3.63) is 58.6 Å². The van der Waals surface area contributed by atoms with Gasteiger partial charge < -0.3 is 38.5 Å². The van der Waals surface area contributed by atoms with Crippen molar-refractivity contribution in [3.63, 3.8) is 0 Å². The second-order valence-corrected chi connectivity index (χ2v) is 25.8.